The zero-order valence-corrected chi connectivity index (χ0v) is 12.1. The summed E-state index contributed by atoms with van der Waals surface area (Å²) in [5.74, 6) is -0.591. The van der Waals surface area contributed by atoms with Crippen molar-refractivity contribution in [1.82, 2.24) is 0 Å². The van der Waals surface area contributed by atoms with Crippen LogP contribution in [-0.4, -0.2) is 17.5 Å². The van der Waals surface area contributed by atoms with Gasteiger partial charge in [-0.2, -0.15) is 13.2 Å². The first kappa shape index (κ1) is 17.0. The average Bonchev–Trinajstić information content (AvgIpc) is 2.24. The third kappa shape index (κ3) is 5.09. The number of halogens is 3. The van der Waals surface area contributed by atoms with Gasteiger partial charge < -0.3 is 4.74 Å². The van der Waals surface area contributed by atoms with Crippen LogP contribution in [0, 0.1) is 0 Å². The molecule has 0 radical (unpaired) electrons. The fourth-order valence-corrected chi connectivity index (χ4v) is 1.53. The maximum atomic E-state index is 12.6. The van der Waals surface area contributed by atoms with E-state index >= 15 is 0 Å². The molecule has 116 valence electrons. The number of benzene rings is 1. The lowest BCUT2D eigenvalue weighted by atomic mass is 10.1. The van der Waals surface area contributed by atoms with Gasteiger partial charge in [-0.3, -0.25) is 10.1 Å². The van der Waals surface area contributed by atoms with Crippen molar-refractivity contribution in [3.63, 3.8) is 0 Å². The Morgan fingerprint density at radius 2 is 1.71 bits per heavy atom. The van der Waals surface area contributed by atoms with Crippen LogP contribution in [0.15, 0.2) is 18.2 Å². The van der Waals surface area contributed by atoms with Crippen LogP contribution in [0.1, 0.15) is 43.6 Å². The molecule has 0 atom stereocenters. The Hall–Kier alpha value is -2.05. The van der Waals surface area contributed by atoms with Gasteiger partial charge in [-0.1, -0.05) is 0 Å². The van der Waals surface area contributed by atoms with Gasteiger partial charge in [0.2, 0.25) is 0 Å². The summed E-state index contributed by atoms with van der Waals surface area (Å²) in [5.41, 5.74) is -1.96. The predicted molar refractivity (Wildman–Crippen MR) is 71.3 cm³/mol. The number of nitrogens with one attached hydrogen (secondary N) is 1. The van der Waals surface area contributed by atoms with Crippen LogP contribution in [0.2, 0.25) is 0 Å². The summed E-state index contributed by atoms with van der Waals surface area (Å²) in [6, 6.07) is 2.53. The molecule has 0 saturated heterocycles. The van der Waals surface area contributed by atoms with Crippen molar-refractivity contribution in [3.05, 3.63) is 29.3 Å². The molecule has 21 heavy (non-hydrogen) atoms. The lowest BCUT2D eigenvalue weighted by Gasteiger charge is -2.20. The second kappa shape index (κ2) is 5.75. The smallest absolute Gasteiger partial charge is 0.416 e. The number of rotatable bonds is 2. The summed E-state index contributed by atoms with van der Waals surface area (Å²) in [5, 5.41) is 2.28. The summed E-state index contributed by atoms with van der Waals surface area (Å²) in [7, 11) is 0. The minimum Gasteiger partial charge on any atom is -0.444 e. The molecule has 4 nitrogen and oxygen atoms in total. The molecule has 0 aromatic heterocycles. The van der Waals surface area contributed by atoms with Crippen LogP contribution in [-0.2, 0) is 10.9 Å². The molecule has 0 fully saturated rings. The second-order valence-electron chi connectivity index (χ2n) is 5.44. The van der Waals surface area contributed by atoms with E-state index in [1.165, 1.54) is 0 Å². The number of carbonyl (C=O) groups excluding carboxylic acids is 2. The first-order valence-electron chi connectivity index (χ1n) is 6.12. The number of ketones is 1. The molecule has 1 rings (SSSR count). The van der Waals surface area contributed by atoms with Gasteiger partial charge in [-0.25, -0.2) is 4.79 Å². The van der Waals surface area contributed by atoms with Crippen LogP contribution in [0.25, 0.3) is 0 Å². The maximum absolute atomic E-state index is 12.6. The van der Waals surface area contributed by atoms with Gasteiger partial charge in [0.15, 0.2) is 5.78 Å². The number of carbonyl (C=O) groups is 2. The van der Waals surface area contributed by atoms with E-state index in [1.54, 1.807) is 20.8 Å². The molecule has 0 saturated carbocycles. The summed E-state index contributed by atoms with van der Waals surface area (Å²) in [6.07, 6.45) is -5.40. The highest BCUT2D eigenvalue weighted by molar-refractivity contribution is 6.02. The third-order valence-corrected chi connectivity index (χ3v) is 2.36. The number of hydrogen-bond acceptors (Lipinski definition) is 3. The van der Waals surface area contributed by atoms with Crippen molar-refractivity contribution in [1.29, 1.82) is 0 Å². The Morgan fingerprint density at radius 3 is 2.14 bits per heavy atom. The normalized spacial score (nSPS) is 12.0. The highest BCUT2D eigenvalue weighted by atomic mass is 19.4. The van der Waals surface area contributed by atoms with Gasteiger partial charge in [0, 0.05) is 5.56 Å². The molecular weight excluding hydrogens is 287 g/mol. The molecule has 1 amide bonds. The molecule has 1 aromatic carbocycles. The fraction of sp³-hybridized carbons (Fsp3) is 0.429. The highest BCUT2D eigenvalue weighted by Crippen LogP contribution is 2.32. The average molecular weight is 303 g/mol. The fourth-order valence-electron chi connectivity index (χ4n) is 1.53. The molecule has 1 aromatic rings. The van der Waals surface area contributed by atoms with E-state index in [2.05, 4.69) is 5.32 Å². The molecule has 0 spiro atoms. The van der Waals surface area contributed by atoms with Crippen molar-refractivity contribution >= 4 is 17.6 Å². The quantitative estimate of drug-likeness (QED) is 0.831. The van der Waals surface area contributed by atoms with E-state index in [4.69, 9.17) is 4.74 Å². The summed E-state index contributed by atoms with van der Waals surface area (Å²) in [4.78, 5) is 23.1. The van der Waals surface area contributed by atoms with Crippen LogP contribution < -0.4 is 5.32 Å². The van der Waals surface area contributed by atoms with Crippen LogP contribution in [0.3, 0.4) is 0 Å². The maximum Gasteiger partial charge on any atom is 0.416 e. The topological polar surface area (TPSA) is 55.4 Å². The Bertz CT molecular complexity index is 560. The summed E-state index contributed by atoms with van der Waals surface area (Å²) < 4.78 is 42.9. The van der Waals surface area contributed by atoms with E-state index in [9.17, 15) is 22.8 Å². The summed E-state index contributed by atoms with van der Waals surface area (Å²) in [6.45, 7) is 6.05. The molecule has 7 heteroatoms. The van der Waals surface area contributed by atoms with Crippen molar-refractivity contribution in [2.24, 2.45) is 0 Å². The first-order valence-corrected chi connectivity index (χ1v) is 6.12. The minimum absolute atomic E-state index is 0.0234. The second-order valence-corrected chi connectivity index (χ2v) is 5.44. The number of hydrogen-bond donors (Lipinski definition) is 1. The lowest BCUT2D eigenvalue weighted by molar-refractivity contribution is -0.137. The van der Waals surface area contributed by atoms with Crippen molar-refractivity contribution < 1.29 is 27.5 Å². The SMILES string of the molecule is CC(=O)c1cc(C(F)(F)F)ccc1NC(=O)OC(C)(C)C. The van der Waals surface area contributed by atoms with Gasteiger partial charge in [-0.15, -0.1) is 0 Å². The van der Waals surface area contributed by atoms with Gasteiger partial charge in [-0.05, 0) is 45.9 Å². The largest absolute Gasteiger partial charge is 0.444 e. The standard InChI is InChI=1S/C14H16F3NO3/c1-8(19)10-7-9(14(15,16)17)5-6-11(10)18-12(20)21-13(2,3)4/h5-7H,1-4H3,(H,18,20). The van der Waals surface area contributed by atoms with Crippen molar-refractivity contribution in [3.8, 4) is 0 Å². The van der Waals surface area contributed by atoms with Crippen molar-refractivity contribution in [2.45, 2.75) is 39.5 Å². The third-order valence-electron chi connectivity index (χ3n) is 2.36. The number of amides is 1. The minimum atomic E-state index is -4.56. The van der Waals surface area contributed by atoms with E-state index in [0.717, 1.165) is 19.1 Å². The monoisotopic (exact) mass is 303 g/mol. The number of anilines is 1. The highest BCUT2D eigenvalue weighted by Gasteiger charge is 2.31. The number of alkyl halides is 3. The van der Waals surface area contributed by atoms with E-state index in [0.29, 0.717) is 6.07 Å². The predicted octanol–water partition coefficient (Wildman–Crippen LogP) is 4.26. The number of ether oxygens (including phenoxy) is 1. The van der Waals surface area contributed by atoms with Gasteiger partial charge in [0.05, 0.1) is 11.3 Å². The molecule has 1 N–H and O–H groups in total. The molecular formula is C14H16F3NO3. The molecule has 0 aliphatic heterocycles. The Labute approximate surface area is 120 Å². The van der Waals surface area contributed by atoms with Crippen LogP contribution in [0.5, 0.6) is 0 Å². The Morgan fingerprint density at radius 1 is 1.14 bits per heavy atom. The van der Waals surface area contributed by atoms with E-state index in [1.807, 2.05) is 0 Å². The lowest BCUT2D eigenvalue weighted by Crippen LogP contribution is -2.27. The van der Waals surface area contributed by atoms with Crippen LogP contribution in [0.4, 0.5) is 23.7 Å². The number of Topliss-reactive ketones (excluding diaryl/α,β-unsaturated/α-hetero) is 1. The Kier molecular flexibility index (Phi) is 4.65. The zero-order valence-electron chi connectivity index (χ0n) is 12.1. The first-order chi connectivity index (χ1) is 9.40. The molecule has 0 unspecified atom stereocenters. The molecule has 0 aliphatic rings. The van der Waals surface area contributed by atoms with Crippen LogP contribution >= 0.6 is 0 Å². The summed E-state index contributed by atoms with van der Waals surface area (Å²) >= 11 is 0. The van der Waals surface area contributed by atoms with Gasteiger partial charge >= 0.3 is 12.3 Å². The van der Waals surface area contributed by atoms with E-state index in [-0.39, 0.29) is 11.3 Å². The molecule has 0 aliphatic carbocycles. The van der Waals surface area contributed by atoms with Gasteiger partial charge in [0.1, 0.15) is 5.60 Å². The molecule has 0 heterocycles. The van der Waals surface area contributed by atoms with E-state index < -0.39 is 29.2 Å². The Balaban J connectivity index is 3.08. The molecule has 0 bridgehead atoms. The van der Waals surface area contributed by atoms with Gasteiger partial charge in [0.25, 0.3) is 0 Å². The van der Waals surface area contributed by atoms with Crippen molar-refractivity contribution in [2.75, 3.05) is 5.32 Å². The zero-order chi connectivity index (χ0) is 16.4.